The highest BCUT2D eigenvalue weighted by molar-refractivity contribution is 6.31. The van der Waals surface area contributed by atoms with E-state index in [0.717, 1.165) is 64.8 Å². The lowest BCUT2D eigenvalue weighted by Gasteiger charge is -2.26. The molecule has 12 nitrogen and oxygen atoms in total. The van der Waals surface area contributed by atoms with Crippen LogP contribution in [-0.2, 0) is 28.2 Å². The van der Waals surface area contributed by atoms with Crippen LogP contribution >= 0.6 is 11.6 Å². The number of halogens is 1. The van der Waals surface area contributed by atoms with E-state index in [0.29, 0.717) is 30.9 Å². The Balaban J connectivity index is 1.12. The summed E-state index contributed by atoms with van der Waals surface area (Å²) >= 11 is 6.74. The minimum Gasteiger partial charge on any atom is -0.490 e. The van der Waals surface area contributed by atoms with Crippen LogP contribution in [0, 0.1) is 6.92 Å². The predicted molar refractivity (Wildman–Crippen MR) is 181 cm³/mol. The van der Waals surface area contributed by atoms with Crippen molar-refractivity contribution in [3.63, 3.8) is 0 Å². The second-order valence-corrected chi connectivity index (χ2v) is 13.2. The number of aromatic nitrogens is 1. The largest absolute Gasteiger partial charge is 0.490 e. The minimum atomic E-state index is -2.04. The number of nitrogens with one attached hydrogen (secondary N) is 2. The number of amides is 2. The van der Waals surface area contributed by atoms with Crippen LogP contribution in [0.4, 0.5) is 4.79 Å². The van der Waals surface area contributed by atoms with Crippen molar-refractivity contribution in [1.29, 1.82) is 0 Å². The van der Waals surface area contributed by atoms with Gasteiger partial charge in [-0.2, -0.15) is 0 Å². The van der Waals surface area contributed by atoms with E-state index in [4.69, 9.17) is 26.2 Å². The molecule has 2 fully saturated rings. The van der Waals surface area contributed by atoms with Gasteiger partial charge in [0, 0.05) is 35.1 Å². The number of unbranched alkanes of at least 4 members (excludes halogenated alkanes) is 1. The van der Waals surface area contributed by atoms with E-state index in [1.54, 1.807) is 6.20 Å². The van der Waals surface area contributed by atoms with Crippen LogP contribution in [-0.4, -0.2) is 86.1 Å². The molecule has 1 heterocycles. The number of urea groups is 1. The maximum atomic E-state index is 12.2. The number of aliphatic hydroxyl groups excluding tert-OH is 4. The van der Waals surface area contributed by atoms with Crippen LogP contribution < -0.4 is 15.4 Å². The Morgan fingerprint density at radius 2 is 1.80 bits per heavy atom. The smallest absolute Gasteiger partial charge is 0.329 e. The van der Waals surface area contributed by atoms with Crippen molar-refractivity contribution < 1.29 is 44.6 Å². The summed E-state index contributed by atoms with van der Waals surface area (Å²) < 4.78 is 12.8. The van der Waals surface area contributed by atoms with E-state index in [-0.39, 0.29) is 12.6 Å². The summed E-state index contributed by atoms with van der Waals surface area (Å²) in [5.41, 5.74) is 5.70. The molecule has 0 saturated heterocycles. The van der Waals surface area contributed by atoms with Crippen LogP contribution in [0.5, 0.6) is 5.75 Å². The first-order chi connectivity index (χ1) is 23.5. The maximum absolute atomic E-state index is 12.2. The van der Waals surface area contributed by atoms with Gasteiger partial charge in [-0.3, -0.25) is 4.98 Å². The van der Waals surface area contributed by atoms with Gasteiger partial charge in [0.1, 0.15) is 24.1 Å². The molecule has 264 valence electrons. The van der Waals surface area contributed by atoms with Gasteiger partial charge in [-0.1, -0.05) is 35.9 Å². The zero-order valence-corrected chi connectivity index (χ0v) is 28.1. The first-order valence-electron chi connectivity index (χ1n) is 16.6. The van der Waals surface area contributed by atoms with Crippen molar-refractivity contribution in [3.8, 4) is 16.9 Å². The Kier molecular flexibility index (Phi) is 12.1. The van der Waals surface area contributed by atoms with Gasteiger partial charge in [-0.05, 0) is 92.3 Å². The number of benzene rings is 2. The second-order valence-electron chi connectivity index (χ2n) is 12.8. The van der Waals surface area contributed by atoms with Gasteiger partial charge in [0.05, 0.1) is 24.9 Å². The molecule has 13 heteroatoms. The summed E-state index contributed by atoms with van der Waals surface area (Å²) in [6.45, 7) is 1.70. The number of aryl methyl sites for hydroxylation is 2. The van der Waals surface area contributed by atoms with Crippen molar-refractivity contribution in [2.45, 2.75) is 94.5 Å². The van der Waals surface area contributed by atoms with Crippen molar-refractivity contribution >= 4 is 23.6 Å². The number of pyridine rings is 1. The van der Waals surface area contributed by atoms with Crippen molar-refractivity contribution in [3.05, 3.63) is 82.1 Å². The molecule has 3 aromatic rings. The van der Waals surface area contributed by atoms with Crippen LogP contribution in [0.3, 0.4) is 0 Å². The van der Waals surface area contributed by atoms with Crippen LogP contribution in [0.1, 0.15) is 60.8 Å². The molecule has 2 saturated carbocycles. The Bertz CT molecular complexity index is 1610. The number of hydrogen-bond donors (Lipinski definition) is 7. The van der Waals surface area contributed by atoms with E-state index >= 15 is 0 Å². The van der Waals surface area contributed by atoms with E-state index in [9.17, 15) is 30.0 Å². The Morgan fingerprint density at radius 3 is 2.49 bits per heavy atom. The van der Waals surface area contributed by atoms with Gasteiger partial charge in [0.15, 0.2) is 6.04 Å². The highest BCUT2D eigenvalue weighted by Crippen LogP contribution is 2.53. The molecule has 0 radical (unpaired) electrons. The number of carbonyl (C=O) groups is 2. The number of aliphatic hydroxyl groups is 4. The van der Waals surface area contributed by atoms with Gasteiger partial charge >= 0.3 is 12.0 Å². The molecule has 0 unspecified atom stereocenters. The zero-order valence-electron chi connectivity index (χ0n) is 27.3. The number of carbonyl (C=O) groups excluding carboxylic acids is 1. The standard InChI is InChI=1S/C36H44ClN3O9/c1-21-16-23(20-48-36(12-13-36)27-18-38-15-11-25(27)26-7-2-3-8-30(26)49-24-9-10-24)28(37)17-22(21)6-4-5-14-39-35(47)40-31(34(45)46)33(44)32(43)29(42)19-41/h2-3,7-8,11,15-18,24,29,31-33,41-44H,4-6,9-10,12-14,19-20H2,1H3,(H,45,46)(H2,39,40,47)/t29-,31-,32-,33-/m1/s1. The van der Waals surface area contributed by atoms with Crippen LogP contribution in [0.2, 0.25) is 5.02 Å². The quantitative estimate of drug-likeness (QED) is 0.0967. The fourth-order valence-corrected chi connectivity index (χ4v) is 6.03. The van der Waals surface area contributed by atoms with E-state index in [1.165, 1.54) is 0 Å². The third-order valence-electron chi connectivity index (χ3n) is 9.00. The molecule has 0 aliphatic heterocycles. The van der Waals surface area contributed by atoms with Crippen LogP contribution in [0.15, 0.2) is 54.9 Å². The fourth-order valence-electron chi connectivity index (χ4n) is 5.79. The lowest BCUT2D eigenvalue weighted by molar-refractivity contribution is -0.148. The average molecular weight is 698 g/mol. The first kappa shape index (κ1) is 36.5. The van der Waals surface area contributed by atoms with Crippen molar-refractivity contribution in [1.82, 2.24) is 15.6 Å². The normalized spacial score (nSPS) is 17.4. The van der Waals surface area contributed by atoms with Crippen molar-refractivity contribution in [2.24, 2.45) is 0 Å². The molecule has 2 aliphatic rings. The van der Waals surface area contributed by atoms with Crippen LogP contribution in [0.25, 0.3) is 11.1 Å². The van der Waals surface area contributed by atoms with Crippen molar-refractivity contribution in [2.75, 3.05) is 13.2 Å². The molecule has 2 aliphatic carbocycles. The number of ether oxygens (including phenoxy) is 2. The summed E-state index contributed by atoms with van der Waals surface area (Å²) in [5, 5.41) is 52.8. The molecular weight excluding hydrogens is 654 g/mol. The van der Waals surface area contributed by atoms with E-state index in [1.807, 2.05) is 49.5 Å². The predicted octanol–water partition coefficient (Wildman–Crippen LogP) is 3.61. The summed E-state index contributed by atoms with van der Waals surface area (Å²) in [5.74, 6) is -0.733. The first-order valence-corrected chi connectivity index (χ1v) is 17.0. The summed E-state index contributed by atoms with van der Waals surface area (Å²) in [6.07, 6.45) is 4.10. The fraction of sp³-hybridized carbons (Fsp3) is 0.472. The average Bonchev–Trinajstić information content (AvgIpc) is 4.04. The van der Waals surface area contributed by atoms with Gasteiger partial charge < -0.3 is 45.6 Å². The third-order valence-corrected chi connectivity index (χ3v) is 9.36. The Morgan fingerprint density at radius 1 is 1.04 bits per heavy atom. The molecule has 5 rings (SSSR count). The topological polar surface area (TPSA) is 191 Å². The SMILES string of the molecule is Cc1cc(COC2(c3cnccc3-c3ccccc3OC3CC3)CC2)c(Cl)cc1CCCCNC(=O)N[C@@H](C(=O)O)[C@@H](O)[C@H](O)[C@H](O)CO. The van der Waals surface area contributed by atoms with Gasteiger partial charge in [0.2, 0.25) is 0 Å². The third kappa shape index (κ3) is 9.27. The molecular formula is C36H44ClN3O9. The molecule has 49 heavy (non-hydrogen) atoms. The number of hydrogen-bond acceptors (Lipinski definition) is 9. The number of carboxylic acid groups (broad SMARTS) is 1. The van der Waals surface area contributed by atoms with E-state index in [2.05, 4.69) is 21.7 Å². The number of para-hydroxylation sites is 1. The number of aliphatic carboxylic acids is 1. The van der Waals surface area contributed by atoms with E-state index < -0.39 is 48.6 Å². The second kappa shape index (κ2) is 16.3. The van der Waals surface area contributed by atoms with Gasteiger partial charge in [-0.25, -0.2) is 9.59 Å². The summed E-state index contributed by atoms with van der Waals surface area (Å²) in [4.78, 5) is 28.2. The highest BCUT2D eigenvalue weighted by atomic mass is 35.5. The minimum absolute atomic E-state index is 0.227. The van der Waals surface area contributed by atoms with Gasteiger partial charge in [0.25, 0.3) is 0 Å². The number of carboxylic acids is 1. The number of nitrogens with zero attached hydrogens (tertiary/aromatic N) is 1. The number of rotatable bonds is 18. The maximum Gasteiger partial charge on any atom is 0.329 e. The monoisotopic (exact) mass is 697 g/mol. The highest BCUT2D eigenvalue weighted by Gasteiger charge is 2.48. The molecule has 0 spiro atoms. The molecule has 2 amide bonds. The zero-order chi connectivity index (χ0) is 35.1. The lowest BCUT2D eigenvalue weighted by atomic mass is 9.96. The molecule has 1 aromatic heterocycles. The molecule has 7 N–H and O–H groups in total. The Labute approximate surface area is 290 Å². The lowest BCUT2D eigenvalue weighted by Crippen LogP contribution is -2.57. The molecule has 0 bridgehead atoms. The summed E-state index contributed by atoms with van der Waals surface area (Å²) in [6, 6.07) is 11.4. The Hall–Kier alpha value is -3.78. The summed E-state index contributed by atoms with van der Waals surface area (Å²) in [7, 11) is 0. The van der Waals surface area contributed by atoms with Gasteiger partial charge in [-0.15, -0.1) is 0 Å². The molecule has 2 aromatic carbocycles. The molecule has 4 atom stereocenters.